The Hall–Kier alpha value is -3.95. The molecular weight excluding hydrogens is 471 g/mol. The largest absolute Gasteiger partial charge is 0.311 e. The van der Waals surface area contributed by atoms with Crippen LogP contribution in [0, 0.1) is 20.8 Å². The second-order valence-electron chi connectivity index (χ2n) is 10.2. The Bertz CT molecular complexity index is 1670. The van der Waals surface area contributed by atoms with Crippen LogP contribution >= 0.6 is 11.6 Å². The fraction of sp³-hybridized carbons (Fsp3) is 0.0909. The van der Waals surface area contributed by atoms with E-state index in [4.69, 9.17) is 11.6 Å². The number of benzene rings is 5. The van der Waals surface area contributed by atoms with Crippen molar-refractivity contribution >= 4 is 68.8 Å². The monoisotopic (exact) mass is 496 g/mol. The predicted octanol–water partition coefficient (Wildman–Crippen LogP) is 7.35. The summed E-state index contributed by atoms with van der Waals surface area (Å²) in [6, 6.07) is 37.2. The van der Waals surface area contributed by atoms with Gasteiger partial charge in [-0.3, -0.25) is 0 Å². The number of hydrogen-bond acceptors (Lipinski definition) is 2. The van der Waals surface area contributed by atoms with Crippen molar-refractivity contribution in [2.45, 2.75) is 20.8 Å². The number of rotatable bonds is 2. The molecule has 0 unspecified atom stereocenters. The van der Waals surface area contributed by atoms with Crippen LogP contribution in [0.2, 0.25) is 5.02 Å². The Morgan fingerprint density at radius 2 is 1.19 bits per heavy atom. The standard InChI is InChI=1S/C33H26BClN2/c1-21-18-22(2)33(23(3)19-21)37-30-15-9-14-29-32(30)34(27-17-16-24(35)20-31(27)37)26-12-7-8-13-28(26)36(29)25-10-5-4-6-11-25/h4-20H,1-3H3. The maximum atomic E-state index is 6.67. The third-order valence-corrected chi connectivity index (χ3v) is 7.97. The highest BCUT2D eigenvalue weighted by Crippen LogP contribution is 2.45. The lowest BCUT2D eigenvalue weighted by atomic mass is 9.33. The number of nitrogens with zero attached hydrogens (tertiary/aromatic N) is 2. The summed E-state index contributed by atoms with van der Waals surface area (Å²) in [7, 11) is 0. The molecule has 0 radical (unpaired) electrons. The van der Waals surface area contributed by atoms with Crippen LogP contribution in [0.4, 0.5) is 34.1 Å². The Balaban J connectivity index is 1.60. The molecule has 0 aromatic heterocycles. The second kappa shape index (κ2) is 8.29. The zero-order valence-corrected chi connectivity index (χ0v) is 21.9. The van der Waals surface area contributed by atoms with Crippen molar-refractivity contribution in [3.63, 3.8) is 0 Å². The third-order valence-electron chi connectivity index (χ3n) is 7.74. The van der Waals surface area contributed by atoms with Crippen LogP contribution in [-0.2, 0) is 0 Å². The first-order valence-corrected chi connectivity index (χ1v) is 13.1. The topological polar surface area (TPSA) is 6.48 Å². The van der Waals surface area contributed by atoms with Gasteiger partial charge in [-0.1, -0.05) is 77.8 Å². The van der Waals surface area contributed by atoms with Crippen LogP contribution in [-0.4, -0.2) is 6.71 Å². The molecule has 0 N–H and O–H groups in total. The molecule has 0 saturated heterocycles. The maximum absolute atomic E-state index is 6.67. The van der Waals surface area contributed by atoms with Gasteiger partial charge in [0.25, 0.3) is 6.71 Å². The van der Waals surface area contributed by atoms with Gasteiger partial charge in [-0.25, -0.2) is 0 Å². The van der Waals surface area contributed by atoms with Gasteiger partial charge in [0.15, 0.2) is 0 Å². The molecule has 178 valence electrons. The normalized spacial score (nSPS) is 13.2. The van der Waals surface area contributed by atoms with Crippen LogP contribution in [0.15, 0.2) is 103 Å². The quantitative estimate of drug-likeness (QED) is 0.231. The minimum Gasteiger partial charge on any atom is -0.311 e. The van der Waals surface area contributed by atoms with E-state index in [9.17, 15) is 0 Å². The van der Waals surface area contributed by atoms with Gasteiger partial charge in [-0.2, -0.15) is 0 Å². The van der Waals surface area contributed by atoms with Crippen LogP contribution in [0.25, 0.3) is 0 Å². The summed E-state index contributed by atoms with van der Waals surface area (Å²) in [6.07, 6.45) is 0. The van der Waals surface area contributed by atoms with Crippen LogP contribution in [0.3, 0.4) is 0 Å². The molecule has 0 fully saturated rings. The number of hydrogen-bond donors (Lipinski definition) is 0. The fourth-order valence-electron chi connectivity index (χ4n) is 6.48. The van der Waals surface area contributed by atoms with Crippen LogP contribution in [0.5, 0.6) is 0 Å². The minimum atomic E-state index is 0.122. The van der Waals surface area contributed by atoms with E-state index >= 15 is 0 Å². The van der Waals surface area contributed by atoms with Crippen molar-refractivity contribution < 1.29 is 0 Å². The van der Waals surface area contributed by atoms with Crippen molar-refractivity contribution in [3.05, 3.63) is 125 Å². The summed E-state index contributed by atoms with van der Waals surface area (Å²) in [5.41, 5.74) is 14.9. The summed E-state index contributed by atoms with van der Waals surface area (Å²) in [6.45, 7) is 6.72. The molecule has 0 saturated carbocycles. The SMILES string of the molecule is Cc1cc(C)c(N2c3cc(Cl)ccc3B3c4ccccc4N(c4ccccc4)c4cccc2c43)c(C)c1. The predicted molar refractivity (Wildman–Crippen MR) is 160 cm³/mol. The van der Waals surface area contributed by atoms with E-state index < -0.39 is 0 Å². The first-order valence-electron chi connectivity index (χ1n) is 12.8. The zero-order chi connectivity index (χ0) is 25.3. The molecule has 0 bridgehead atoms. The Morgan fingerprint density at radius 3 is 1.95 bits per heavy atom. The highest BCUT2D eigenvalue weighted by Gasteiger charge is 2.43. The van der Waals surface area contributed by atoms with Crippen molar-refractivity contribution in [2.75, 3.05) is 9.80 Å². The zero-order valence-electron chi connectivity index (χ0n) is 21.2. The highest BCUT2D eigenvalue weighted by molar-refractivity contribution is 7.00. The maximum Gasteiger partial charge on any atom is 0.252 e. The molecule has 0 spiro atoms. The van der Waals surface area contributed by atoms with Crippen molar-refractivity contribution in [1.29, 1.82) is 0 Å². The minimum absolute atomic E-state index is 0.122. The molecule has 7 rings (SSSR count). The van der Waals surface area contributed by atoms with Gasteiger partial charge >= 0.3 is 0 Å². The number of para-hydroxylation sites is 2. The molecule has 0 aliphatic carbocycles. The third kappa shape index (κ3) is 3.27. The Kier molecular flexibility index (Phi) is 4.99. The molecule has 4 heteroatoms. The van der Waals surface area contributed by atoms with Crippen LogP contribution in [0.1, 0.15) is 16.7 Å². The average molecular weight is 497 g/mol. The molecule has 5 aromatic rings. The van der Waals surface area contributed by atoms with E-state index in [0.717, 1.165) is 16.4 Å². The average Bonchev–Trinajstić information content (AvgIpc) is 2.89. The molecular formula is C33H26BClN2. The lowest BCUT2D eigenvalue weighted by molar-refractivity contribution is 1.20. The van der Waals surface area contributed by atoms with Crippen molar-refractivity contribution in [1.82, 2.24) is 0 Å². The van der Waals surface area contributed by atoms with Crippen molar-refractivity contribution in [3.8, 4) is 0 Å². The summed E-state index contributed by atoms with van der Waals surface area (Å²) in [4.78, 5) is 4.86. The number of aryl methyl sites for hydroxylation is 3. The summed E-state index contributed by atoms with van der Waals surface area (Å²) in [5, 5.41) is 0.751. The van der Waals surface area contributed by atoms with Crippen molar-refractivity contribution in [2.24, 2.45) is 0 Å². The van der Waals surface area contributed by atoms with E-state index in [0.29, 0.717) is 0 Å². The second-order valence-corrected chi connectivity index (χ2v) is 10.6. The lowest BCUT2D eigenvalue weighted by Crippen LogP contribution is -2.61. The number of halogens is 1. The van der Waals surface area contributed by atoms with E-state index in [1.54, 1.807) is 0 Å². The number of fused-ring (bicyclic) bond motifs is 4. The smallest absolute Gasteiger partial charge is 0.252 e. The molecule has 2 heterocycles. The molecule has 2 nitrogen and oxygen atoms in total. The van der Waals surface area contributed by atoms with Gasteiger partial charge in [0.2, 0.25) is 0 Å². The van der Waals surface area contributed by atoms with Gasteiger partial charge in [0, 0.05) is 33.5 Å². The van der Waals surface area contributed by atoms with E-state index in [1.807, 2.05) is 6.07 Å². The van der Waals surface area contributed by atoms with Gasteiger partial charge in [-0.05, 0) is 90.8 Å². The highest BCUT2D eigenvalue weighted by atomic mass is 35.5. The molecule has 0 atom stereocenters. The molecule has 37 heavy (non-hydrogen) atoms. The van der Waals surface area contributed by atoms with E-state index in [2.05, 4.69) is 128 Å². The Labute approximate surface area is 223 Å². The van der Waals surface area contributed by atoms with E-state index in [-0.39, 0.29) is 6.71 Å². The Morgan fingerprint density at radius 1 is 0.568 bits per heavy atom. The molecule has 0 amide bonds. The lowest BCUT2D eigenvalue weighted by Gasteiger charge is -2.44. The first-order chi connectivity index (χ1) is 18.0. The first kappa shape index (κ1) is 22.3. The van der Waals surface area contributed by atoms with Gasteiger partial charge in [-0.15, -0.1) is 0 Å². The molecule has 5 aromatic carbocycles. The summed E-state index contributed by atoms with van der Waals surface area (Å²) < 4.78 is 0. The van der Waals surface area contributed by atoms with Gasteiger partial charge in [0.1, 0.15) is 0 Å². The fourth-order valence-corrected chi connectivity index (χ4v) is 6.64. The van der Waals surface area contributed by atoms with Gasteiger partial charge < -0.3 is 9.80 Å². The summed E-state index contributed by atoms with van der Waals surface area (Å²) in [5.74, 6) is 0. The molecule has 2 aliphatic heterocycles. The number of anilines is 6. The van der Waals surface area contributed by atoms with Crippen LogP contribution < -0.4 is 26.2 Å². The molecule has 2 aliphatic rings. The van der Waals surface area contributed by atoms with E-state index in [1.165, 1.54) is 55.8 Å². The summed E-state index contributed by atoms with van der Waals surface area (Å²) >= 11 is 6.67. The van der Waals surface area contributed by atoms with Gasteiger partial charge in [0.05, 0.1) is 5.69 Å².